The monoisotopic (exact) mass is 458 g/mol. The standard InChI is InChI=1S/C29H34N2O3/c1-4-23-15-17-26(18-16-23)34-21-28(32)31(20-25-14-10-9-11-22(25)3)27(29(33)30-5-2)19-24-12-7-6-8-13-24/h6-18,27H,4-5,19-21H2,1-3H3,(H,30,33)/t27-/m0/s1. The maximum Gasteiger partial charge on any atom is 0.261 e. The Balaban J connectivity index is 1.87. The first-order valence-corrected chi connectivity index (χ1v) is 11.9. The Kier molecular flexibility index (Phi) is 9.27. The van der Waals surface area contributed by atoms with E-state index in [0.717, 1.165) is 23.1 Å². The number of carbonyl (C=O) groups excluding carboxylic acids is 2. The highest BCUT2D eigenvalue weighted by molar-refractivity contribution is 5.88. The van der Waals surface area contributed by atoms with E-state index in [9.17, 15) is 9.59 Å². The summed E-state index contributed by atoms with van der Waals surface area (Å²) >= 11 is 0. The normalized spacial score (nSPS) is 11.5. The van der Waals surface area contributed by atoms with Gasteiger partial charge in [-0.1, -0.05) is 73.7 Å². The molecule has 0 aliphatic rings. The summed E-state index contributed by atoms with van der Waals surface area (Å²) in [5.74, 6) is 0.245. The molecule has 3 rings (SSSR count). The van der Waals surface area contributed by atoms with Crippen molar-refractivity contribution in [3.63, 3.8) is 0 Å². The smallest absolute Gasteiger partial charge is 0.261 e. The van der Waals surface area contributed by atoms with Crippen LogP contribution in [0.2, 0.25) is 0 Å². The Morgan fingerprint density at radius 3 is 2.21 bits per heavy atom. The van der Waals surface area contributed by atoms with Crippen molar-refractivity contribution < 1.29 is 14.3 Å². The summed E-state index contributed by atoms with van der Waals surface area (Å²) in [6.45, 7) is 6.68. The van der Waals surface area contributed by atoms with Crippen LogP contribution < -0.4 is 10.1 Å². The van der Waals surface area contributed by atoms with Crippen LogP contribution in [0.25, 0.3) is 0 Å². The average molecular weight is 459 g/mol. The van der Waals surface area contributed by atoms with Crippen LogP contribution in [0, 0.1) is 6.92 Å². The molecule has 3 aromatic rings. The first kappa shape index (κ1) is 25.0. The van der Waals surface area contributed by atoms with Gasteiger partial charge in [-0.25, -0.2) is 0 Å². The summed E-state index contributed by atoms with van der Waals surface area (Å²) in [5.41, 5.74) is 4.28. The Morgan fingerprint density at radius 2 is 1.56 bits per heavy atom. The summed E-state index contributed by atoms with van der Waals surface area (Å²) in [7, 11) is 0. The number of aryl methyl sites for hydroxylation is 2. The number of nitrogens with zero attached hydrogens (tertiary/aromatic N) is 1. The zero-order valence-electron chi connectivity index (χ0n) is 20.3. The SMILES string of the molecule is CCNC(=O)[C@H](Cc1ccccc1)N(Cc1ccccc1C)C(=O)COc1ccc(CC)cc1. The molecule has 1 atom stereocenters. The fourth-order valence-electron chi connectivity index (χ4n) is 3.87. The van der Waals surface area contributed by atoms with Crippen molar-refractivity contribution in [2.24, 2.45) is 0 Å². The maximum atomic E-state index is 13.5. The summed E-state index contributed by atoms with van der Waals surface area (Å²) in [6.07, 6.45) is 1.37. The lowest BCUT2D eigenvalue weighted by atomic mass is 10.0. The van der Waals surface area contributed by atoms with Gasteiger partial charge in [-0.15, -0.1) is 0 Å². The van der Waals surface area contributed by atoms with E-state index in [1.54, 1.807) is 4.90 Å². The molecule has 0 spiro atoms. The van der Waals surface area contributed by atoms with Gasteiger partial charge in [-0.3, -0.25) is 9.59 Å². The van der Waals surface area contributed by atoms with Gasteiger partial charge in [0, 0.05) is 19.5 Å². The molecule has 0 unspecified atom stereocenters. The molecule has 3 aromatic carbocycles. The van der Waals surface area contributed by atoms with Crippen LogP contribution in [-0.4, -0.2) is 35.9 Å². The molecule has 0 bridgehead atoms. The Bertz CT molecular complexity index is 1060. The first-order chi connectivity index (χ1) is 16.5. The second-order valence-electron chi connectivity index (χ2n) is 8.33. The quantitative estimate of drug-likeness (QED) is 0.453. The fourth-order valence-corrected chi connectivity index (χ4v) is 3.87. The lowest BCUT2D eigenvalue weighted by Gasteiger charge is -2.31. The van der Waals surface area contributed by atoms with Crippen molar-refractivity contribution >= 4 is 11.8 Å². The van der Waals surface area contributed by atoms with Crippen molar-refractivity contribution in [3.05, 3.63) is 101 Å². The van der Waals surface area contributed by atoms with Crippen LogP contribution >= 0.6 is 0 Å². The number of rotatable bonds is 11. The minimum absolute atomic E-state index is 0.137. The number of carbonyl (C=O) groups is 2. The van der Waals surface area contributed by atoms with E-state index in [1.807, 2.05) is 92.7 Å². The van der Waals surface area contributed by atoms with Crippen molar-refractivity contribution in [3.8, 4) is 5.75 Å². The van der Waals surface area contributed by atoms with Crippen molar-refractivity contribution in [2.45, 2.75) is 46.2 Å². The van der Waals surface area contributed by atoms with Crippen LogP contribution in [0.4, 0.5) is 0 Å². The Hall–Kier alpha value is -3.60. The predicted octanol–water partition coefficient (Wildman–Crippen LogP) is 4.71. The molecule has 0 aliphatic carbocycles. The largest absolute Gasteiger partial charge is 0.484 e. The number of nitrogens with one attached hydrogen (secondary N) is 1. The lowest BCUT2D eigenvalue weighted by molar-refractivity contribution is -0.142. The van der Waals surface area contributed by atoms with Gasteiger partial charge in [0.15, 0.2) is 6.61 Å². The Labute approximate surface area is 202 Å². The van der Waals surface area contributed by atoms with E-state index >= 15 is 0 Å². The molecular weight excluding hydrogens is 424 g/mol. The molecule has 0 heterocycles. The third-order valence-electron chi connectivity index (χ3n) is 5.92. The second kappa shape index (κ2) is 12.6. The fraction of sp³-hybridized carbons (Fsp3) is 0.310. The van der Waals surface area contributed by atoms with E-state index in [2.05, 4.69) is 12.2 Å². The van der Waals surface area contributed by atoms with E-state index < -0.39 is 6.04 Å². The van der Waals surface area contributed by atoms with Gasteiger partial charge in [-0.05, 0) is 54.7 Å². The van der Waals surface area contributed by atoms with Crippen molar-refractivity contribution in [1.82, 2.24) is 10.2 Å². The first-order valence-electron chi connectivity index (χ1n) is 11.9. The molecule has 0 aliphatic heterocycles. The molecule has 0 aromatic heterocycles. The van der Waals surface area contributed by atoms with Crippen LogP contribution in [0.1, 0.15) is 36.1 Å². The Morgan fingerprint density at radius 1 is 0.882 bits per heavy atom. The molecule has 2 amide bonds. The zero-order chi connectivity index (χ0) is 24.3. The molecule has 0 saturated carbocycles. The third-order valence-corrected chi connectivity index (χ3v) is 5.92. The number of amides is 2. The minimum atomic E-state index is -0.652. The summed E-state index contributed by atoms with van der Waals surface area (Å²) < 4.78 is 5.83. The van der Waals surface area contributed by atoms with E-state index in [4.69, 9.17) is 4.74 Å². The predicted molar refractivity (Wildman–Crippen MR) is 136 cm³/mol. The van der Waals surface area contributed by atoms with E-state index in [-0.39, 0.29) is 18.4 Å². The summed E-state index contributed by atoms with van der Waals surface area (Å²) in [6, 6.07) is 24.8. The van der Waals surface area contributed by atoms with Crippen molar-refractivity contribution in [2.75, 3.05) is 13.2 Å². The van der Waals surface area contributed by atoms with Gasteiger partial charge < -0.3 is 15.0 Å². The molecule has 0 radical (unpaired) electrons. The maximum absolute atomic E-state index is 13.5. The minimum Gasteiger partial charge on any atom is -0.484 e. The van der Waals surface area contributed by atoms with Crippen molar-refractivity contribution in [1.29, 1.82) is 0 Å². The summed E-state index contributed by atoms with van der Waals surface area (Å²) in [4.78, 5) is 28.3. The molecule has 178 valence electrons. The number of hydrogen-bond acceptors (Lipinski definition) is 3. The number of likely N-dealkylation sites (N-methyl/N-ethyl adjacent to an activating group) is 1. The third kappa shape index (κ3) is 6.95. The van der Waals surface area contributed by atoms with Gasteiger partial charge in [0.2, 0.25) is 5.91 Å². The topological polar surface area (TPSA) is 58.6 Å². The van der Waals surface area contributed by atoms with Crippen LogP contribution in [0.3, 0.4) is 0 Å². The summed E-state index contributed by atoms with van der Waals surface area (Å²) in [5, 5.41) is 2.91. The highest BCUT2D eigenvalue weighted by Crippen LogP contribution is 2.18. The van der Waals surface area contributed by atoms with Crippen LogP contribution in [0.5, 0.6) is 5.75 Å². The van der Waals surface area contributed by atoms with Gasteiger partial charge in [-0.2, -0.15) is 0 Å². The average Bonchev–Trinajstić information content (AvgIpc) is 2.86. The molecule has 34 heavy (non-hydrogen) atoms. The van der Waals surface area contributed by atoms with E-state index in [0.29, 0.717) is 25.3 Å². The molecule has 5 heteroatoms. The van der Waals surface area contributed by atoms with Gasteiger partial charge >= 0.3 is 0 Å². The zero-order valence-corrected chi connectivity index (χ0v) is 20.3. The van der Waals surface area contributed by atoms with Gasteiger partial charge in [0.25, 0.3) is 5.91 Å². The van der Waals surface area contributed by atoms with Gasteiger partial charge in [0.05, 0.1) is 0 Å². The molecular formula is C29H34N2O3. The van der Waals surface area contributed by atoms with Crippen LogP contribution in [-0.2, 0) is 29.0 Å². The highest BCUT2D eigenvalue weighted by atomic mass is 16.5. The number of ether oxygens (including phenoxy) is 1. The molecule has 0 fully saturated rings. The molecule has 1 N–H and O–H groups in total. The van der Waals surface area contributed by atoms with Gasteiger partial charge in [0.1, 0.15) is 11.8 Å². The second-order valence-corrected chi connectivity index (χ2v) is 8.33. The van der Waals surface area contributed by atoms with Crippen LogP contribution in [0.15, 0.2) is 78.9 Å². The van der Waals surface area contributed by atoms with E-state index in [1.165, 1.54) is 5.56 Å². The number of hydrogen-bond donors (Lipinski definition) is 1. The highest BCUT2D eigenvalue weighted by Gasteiger charge is 2.30. The molecule has 0 saturated heterocycles. The number of benzene rings is 3. The molecule has 5 nitrogen and oxygen atoms in total. The lowest BCUT2D eigenvalue weighted by Crippen LogP contribution is -2.51.